The second kappa shape index (κ2) is 8.10. The molecule has 0 spiro atoms. The average Bonchev–Trinajstić information content (AvgIpc) is 3.43. The minimum atomic E-state index is -0.765. The van der Waals surface area contributed by atoms with Crippen LogP contribution in [0.25, 0.3) is 0 Å². The zero-order chi connectivity index (χ0) is 20.4. The van der Waals surface area contributed by atoms with Gasteiger partial charge in [-0.15, -0.1) is 0 Å². The monoisotopic (exact) mass is 386 g/mol. The molecule has 150 valence electrons. The van der Waals surface area contributed by atoms with Crippen LogP contribution in [0.4, 0.5) is 21.7 Å². The molecule has 2 heterocycles. The molecule has 8 heteroatoms. The van der Waals surface area contributed by atoms with Gasteiger partial charge in [-0.2, -0.15) is 0 Å². The molecular formula is C20H27FN6O. The number of halogens is 1. The predicted octanol–water partition coefficient (Wildman–Crippen LogP) is 3.00. The summed E-state index contributed by atoms with van der Waals surface area (Å²) in [5.74, 6) is -0.558. The van der Waals surface area contributed by atoms with E-state index in [4.69, 9.17) is 11.5 Å². The highest BCUT2D eigenvalue weighted by Crippen LogP contribution is 2.35. The minimum absolute atomic E-state index is 0.0270. The summed E-state index contributed by atoms with van der Waals surface area (Å²) in [6, 6.07) is 2.70. The molecule has 1 aliphatic rings. The fourth-order valence-corrected chi connectivity index (χ4v) is 3.01. The summed E-state index contributed by atoms with van der Waals surface area (Å²) in [6.07, 6.45) is 4.84. The Balaban J connectivity index is 1.91. The quantitative estimate of drug-likeness (QED) is 0.554. The Hall–Kier alpha value is -2.74. The van der Waals surface area contributed by atoms with Gasteiger partial charge in [-0.3, -0.25) is 9.78 Å². The lowest BCUT2D eigenvalue weighted by molar-refractivity contribution is 0.100. The third-order valence-corrected chi connectivity index (χ3v) is 5.09. The standard InChI is InChI=1S/C20H27FN6O/c1-10-6-14(9-24-12(10)3)25-19-15(18(23)28)8-16(21)20(27-19)26-17(11(2)22)7-13-4-5-13/h6,8-9,11,13,17H,4-5,7,22H2,1-3H3,(H2,23,28)(H2,25,26,27)/t11-,17+/m0/s1. The molecule has 1 aliphatic carbocycles. The van der Waals surface area contributed by atoms with Gasteiger partial charge in [0.25, 0.3) is 5.91 Å². The number of hydrogen-bond acceptors (Lipinski definition) is 6. The maximum atomic E-state index is 14.6. The van der Waals surface area contributed by atoms with Gasteiger partial charge in [0.1, 0.15) is 5.82 Å². The molecule has 0 saturated heterocycles. The van der Waals surface area contributed by atoms with E-state index in [1.807, 2.05) is 26.8 Å². The molecule has 3 rings (SSSR count). The van der Waals surface area contributed by atoms with Gasteiger partial charge in [0.05, 0.1) is 17.4 Å². The number of primary amides is 1. The van der Waals surface area contributed by atoms with E-state index < -0.39 is 11.7 Å². The van der Waals surface area contributed by atoms with E-state index in [2.05, 4.69) is 20.6 Å². The predicted molar refractivity (Wildman–Crippen MR) is 108 cm³/mol. The van der Waals surface area contributed by atoms with Gasteiger partial charge < -0.3 is 22.1 Å². The number of hydrogen-bond donors (Lipinski definition) is 4. The Kier molecular flexibility index (Phi) is 5.79. The summed E-state index contributed by atoms with van der Waals surface area (Å²) >= 11 is 0. The number of nitrogens with two attached hydrogens (primary N) is 2. The first-order chi connectivity index (χ1) is 13.2. The minimum Gasteiger partial charge on any atom is -0.365 e. The molecule has 6 N–H and O–H groups in total. The zero-order valence-electron chi connectivity index (χ0n) is 16.4. The highest BCUT2D eigenvalue weighted by atomic mass is 19.1. The molecule has 2 aromatic heterocycles. The van der Waals surface area contributed by atoms with Crippen LogP contribution < -0.4 is 22.1 Å². The molecule has 7 nitrogen and oxygen atoms in total. The number of aryl methyl sites for hydroxylation is 2. The number of anilines is 3. The Bertz CT molecular complexity index is 881. The van der Waals surface area contributed by atoms with Crippen molar-refractivity contribution in [2.75, 3.05) is 10.6 Å². The van der Waals surface area contributed by atoms with E-state index in [0.717, 1.165) is 23.7 Å². The fraction of sp³-hybridized carbons (Fsp3) is 0.450. The summed E-state index contributed by atoms with van der Waals surface area (Å²) in [4.78, 5) is 20.4. The van der Waals surface area contributed by atoms with E-state index in [1.165, 1.54) is 12.8 Å². The van der Waals surface area contributed by atoms with E-state index in [1.54, 1.807) is 6.20 Å². The molecular weight excluding hydrogens is 359 g/mol. The topological polar surface area (TPSA) is 119 Å². The summed E-state index contributed by atoms with van der Waals surface area (Å²) in [7, 11) is 0. The molecule has 0 aliphatic heterocycles. The van der Waals surface area contributed by atoms with E-state index in [-0.39, 0.29) is 29.3 Å². The van der Waals surface area contributed by atoms with Crippen molar-refractivity contribution in [3.05, 3.63) is 41.0 Å². The molecule has 0 radical (unpaired) electrons. The van der Waals surface area contributed by atoms with Gasteiger partial charge in [-0.1, -0.05) is 12.8 Å². The van der Waals surface area contributed by atoms with Crippen molar-refractivity contribution in [2.45, 2.75) is 52.1 Å². The number of aromatic nitrogens is 2. The number of amides is 1. The maximum absolute atomic E-state index is 14.6. The van der Waals surface area contributed by atoms with Crippen molar-refractivity contribution in [3.8, 4) is 0 Å². The van der Waals surface area contributed by atoms with Crippen LogP contribution in [0.5, 0.6) is 0 Å². The lowest BCUT2D eigenvalue weighted by Gasteiger charge is -2.24. The molecule has 1 fully saturated rings. The Morgan fingerprint density at radius 2 is 2.04 bits per heavy atom. The molecule has 1 saturated carbocycles. The van der Waals surface area contributed by atoms with E-state index in [0.29, 0.717) is 11.6 Å². The smallest absolute Gasteiger partial charge is 0.252 e. The van der Waals surface area contributed by atoms with Crippen LogP contribution in [-0.2, 0) is 0 Å². The number of pyridine rings is 2. The summed E-state index contributed by atoms with van der Waals surface area (Å²) in [6.45, 7) is 5.72. The second-order valence-corrected chi connectivity index (χ2v) is 7.62. The van der Waals surface area contributed by atoms with Crippen LogP contribution in [0.1, 0.15) is 47.8 Å². The summed E-state index contributed by atoms with van der Waals surface area (Å²) < 4.78 is 14.6. The highest BCUT2D eigenvalue weighted by Gasteiger charge is 2.28. The van der Waals surface area contributed by atoms with Crippen molar-refractivity contribution >= 4 is 23.2 Å². The number of nitrogens with zero attached hydrogens (tertiary/aromatic N) is 2. The van der Waals surface area contributed by atoms with Crippen LogP contribution >= 0.6 is 0 Å². The molecule has 2 atom stereocenters. The van der Waals surface area contributed by atoms with Gasteiger partial charge in [0.15, 0.2) is 11.6 Å². The first-order valence-electron chi connectivity index (χ1n) is 9.47. The number of rotatable bonds is 8. The van der Waals surface area contributed by atoms with Gasteiger partial charge in [0, 0.05) is 17.8 Å². The molecule has 0 aromatic carbocycles. The maximum Gasteiger partial charge on any atom is 0.252 e. The van der Waals surface area contributed by atoms with Crippen molar-refractivity contribution in [1.29, 1.82) is 0 Å². The normalized spacial score (nSPS) is 15.8. The van der Waals surface area contributed by atoms with Gasteiger partial charge in [0.2, 0.25) is 0 Å². The third-order valence-electron chi connectivity index (χ3n) is 5.09. The summed E-state index contributed by atoms with van der Waals surface area (Å²) in [5, 5.41) is 6.14. The van der Waals surface area contributed by atoms with E-state index >= 15 is 0 Å². The van der Waals surface area contributed by atoms with E-state index in [9.17, 15) is 9.18 Å². The third kappa shape index (κ3) is 4.75. The van der Waals surface area contributed by atoms with Gasteiger partial charge in [-0.25, -0.2) is 9.37 Å². The van der Waals surface area contributed by atoms with Crippen LogP contribution in [0, 0.1) is 25.6 Å². The van der Waals surface area contributed by atoms with Crippen molar-refractivity contribution in [3.63, 3.8) is 0 Å². The highest BCUT2D eigenvalue weighted by molar-refractivity contribution is 5.98. The number of nitrogens with one attached hydrogen (secondary N) is 2. The van der Waals surface area contributed by atoms with Crippen molar-refractivity contribution in [1.82, 2.24) is 9.97 Å². The molecule has 2 aromatic rings. The lowest BCUT2D eigenvalue weighted by Crippen LogP contribution is -2.39. The molecule has 0 bridgehead atoms. The SMILES string of the molecule is Cc1cc(Nc2nc(N[C@H](CC3CC3)[C@H](C)N)c(F)cc2C(N)=O)cnc1C. The summed E-state index contributed by atoms with van der Waals surface area (Å²) in [5.41, 5.74) is 14.0. The Labute approximate surface area is 164 Å². The van der Waals surface area contributed by atoms with Crippen molar-refractivity contribution < 1.29 is 9.18 Å². The largest absolute Gasteiger partial charge is 0.365 e. The van der Waals surface area contributed by atoms with Gasteiger partial charge >= 0.3 is 0 Å². The molecule has 28 heavy (non-hydrogen) atoms. The van der Waals surface area contributed by atoms with Crippen LogP contribution in [-0.4, -0.2) is 28.0 Å². The average molecular weight is 386 g/mol. The Morgan fingerprint density at radius 1 is 1.32 bits per heavy atom. The van der Waals surface area contributed by atoms with Crippen molar-refractivity contribution in [2.24, 2.45) is 17.4 Å². The number of carbonyl (C=O) groups is 1. The zero-order valence-corrected chi connectivity index (χ0v) is 16.4. The first kappa shape index (κ1) is 20.0. The van der Waals surface area contributed by atoms with Crippen LogP contribution in [0.2, 0.25) is 0 Å². The fourth-order valence-electron chi connectivity index (χ4n) is 3.01. The molecule has 0 unspecified atom stereocenters. The first-order valence-corrected chi connectivity index (χ1v) is 9.47. The van der Waals surface area contributed by atoms with Crippen LogP contribution in [0.15, 0.2) is 18.3 Å². The second-order valence-electron chi connectivity index (χ2n) is 7.62. The number of carbonyl (C=O) groups excluding carboxylic acids is 1. The lowest BCUT2D eigenvalue weighted by atomic mass is 10.0. The molecule has 1 amide bonds. The van der Waals surface area contributed by atoms with Gasteiger partial charge in [-0.05, 0) is 50.8 Å². The Morgan fingerprint density at radius 3 is 2.61 bits per heavy atom. The van der Waals surface area contributed by atoms with Crippen LogP contribution in [0.3, 0.4) is 0 Å².